The van der Waals surface area contributed by atoms with Gasteiger partial charge in [0.25, 0.3) is 11.7 Å². The first-order valence-electron chi connectivity index (χ1n) is 10.1. The average molecular weight is 447 g/mol. The van der Waals surface area contributed by atoms with Gasteiger partial charge in [0.2, 0.25) is 0 Å². The fourth-order valence-electron chi connectivity index (χ4n) is 3.29. The number of para-hydroxylation sites is 2. The van der Waals surface area contributed by atoms with Crippen LogP contribution in [-0.4, -0.2) is 39.3 Å². The smallest absolute Gasteiger partial charge is 0.378 e. The van der Waals surface area contributed by atoms with Crippen molar-refractivity contribution in [3.63, 3.8) is 0 Å². The van der Waals surface area contributed by atoms with Crippen LogP contribution in [0.15, 0.2) is 78.2 Å². The molecule has 0 radical (unpaired) electrons. The van der Waals surface area contributed by atoms with Crippen LogP contribution >= 0.6 is 11.3 Å². The molecule has 0 N–H and O–H groups in total. The van der Waals surface area contributed by atoms with E-state index in [0.717, 1.165) is 16.3 Å². The van der Waals surface area contributed by atoms with Gasteiger partial charge >= 0.3 is 5.97 Å². The van der Waals surface area contributed by atoms with Gasteiger partial charge in [-0.25, -0.2) is 9.48 Å². The minimum Gasteiger partial charge on any atom is -0.450 e. The Hall–Kier alpha value is -3.78. The summed E-state index contributed by atoms with van der Waals surface area (Å²) in [6.07, 6.45) is 0. The number of benzene rings is 2. The molecule has 32 heavy (non-hydrogen) atoms. The number of carbonyl (C=O) groups is 2. The highest BCUT2D eigenvalue weighted by Crippen LogP contribution is 2.25. The maximum absolute atomic E-state index is 12.8. The molecular weight excluding hydrogens is 424 g/mol. The van der Waals surface area contributed by atoms with Gasteiger partial charge in [0, 0.05) is 11.7 Å². The maximum atomic E-state index is 12.8. The maximum Gasteiger partial charge on any atom is 0.378 e. The van der Waals surface area contributed by atoms with Crippen molar-refractivity contribution >= 4 is 28.9 Å². The number of rotatable bonds is 7. The Bertz CT molecular complexity index is 1190. The van der Waals surface area contributed by atoms with E-state index in [2.05, 4.69) is 10.1 Å². The summed E-state index contributed by atoms with van der Waals surface area (Å²) in [4.78, 5) is 32.4. The molecule has 0 saturated carbocycles. The van der Waals surface area contributed by atoms with Crippen LogP contribution in [0.1, 0.15) is 24.5 Å². The number of carbonyl (C=O) groups excluding carboxylic acids is 2. The second kappa shape index (κ2) is 9.57. The number of ether oxygens (including phenoxy) is 1. The molecule has 0 bridgehead atoms. The third-order valence-corrected chi connectivity index (χ3v) is 5.54. The van der Waals surface area contributed by atoms with Gasteiger partial charge in [-0.2, -0.15) is 4.98 Å². The molecule has 0 unspecified atom stereocenters. The highest BCUT2D eigenvalue weighted by atomic mass is 32.1. The Morgan fingerprint density at radius 3 is 2.31 bits per heavy atom. The van der Waals surface area contributed by atoms with E-state index < -0.39 is 12.6 Å². The molecule has 4 aromatic rings. The normalized spacial score (nSPS) is 10.8. The first-order chi connectivity index (χ1) is 15.5. The predicted molar refractivity (Wildman–Crippen MR) is 124 cm³/mol. The second-order valence-corrected chi connectivity index (χ2v) is 8.20. The lowest BCUT2D eigenvalue weighted by Gasteiger charge is -2.26. The van der Waals surface area contributed by atoms with Crippen LogP contribution < -0.4 is 4.90 Å². The van der Waals surface area contributed by atoms with Gasteiger partial charge in [0.05, 0.1) is 10.6 Å². The Morgan fingerprint density at radius 2 is 1.69 bits per heavy atom. The summed E-state index contributed by atoms with van der Waals surface area (Å²) in [5, 5.41) is 6.30. The molecule has 8 heteroatoms. The summed E-state index contributed by atoms with van der Waals surface area (Å²) in [5.74, 6) is -0.624. The number of anilines is 1. The zero-order valence-electron chi connectivity index (χ0n) is 17.7. The van der Waals surface area contributed by atoms with Crippen molar-refractivity contribution in [2.75, 3.05) is 11.5 Å². The van der Waals surface area contributed by atoms with Crippen molar-refractivity contribution < 1.29 is 14.3 Å². The molecule has 7 nitrogen and oxygen atoms in total. The molecule has 0 fully saturated rings. The topological polar surface area (TPSA) is 77.3 Å². The van der Waals surface area contributed by atoms with Gasteiger partial charge < -0.3 is 9.64 Å². The minimum atomic E-state index is -0.748. The number of esters is 1. The third-order valence-electron chi connectivity index (χ3n) is 4.68. The summed E-state index contributed by atoms with van der Waals surface area (Å²) in [7, 11) is 0. The minimum absolute atomic E-state index is 0.0931. The van der Waals surface area contributed by atoms with Crippen molar-refractivity contribution in [3.8, 4) is 16.4 Å². The average Bonchev–Trinajstić information content (AvgIpc) is 3.49. The van der Waals surface area contributed by atoms with Gasteiger partial charge in [0.1, 0.15) is 0 Å². The molecule has 2 aromatic carbocycles. The molecular formula is C24H22N4O3S. The Morgan fingerprint density at radius 1 is 1.00 bits per heavy atom. The van der Waals surface area contributed by atoms with E-state index in [4.69, 9.17) is 4.74 Å². The van der Waals surface area contributed by atoms with Crippen molar-refractivity contribution in [2.24, 2.45) is 0 Å². The third kappa shape index (κ3) is 4.60. The van der Waals surface area contributed by atoms with Crippen LogP contribution in [0.3, 0.4) is 0 Å². The molecule has 1 amide bonds. The molecule has 0 atom stereocenters. The molecule has 4 rings (SSSR count). The summed E-state index contributed by atoms with van der Waals surface area (Å²) >= 11 is 1.50. The van der Waals surface area contributed by atoms with Crippen LogP contribution in [-0.2, 0) is 9.53 Å². The van der Waals surface area contributed by atoms with Crippen molar-refractivity contribution in [1.29, 1.82) is 0 Å². The Labute approximate surface area is 189 Å². The van der Waals surface area contributed by atoms with E-state index in [9.17, 15) is 9.59 Å². The molecule has 0 aliphatic heterocycles. The number of hydrogen-bond donors (Lipinski definition) is 0. The van der Waals surface area contributed by atoms with Crippen LogP contribution in [0.5, 0.6) is 0 Å². The SMILES string of the molecule is CC(C)N(C(=O)COC(=O)c1nc(-c2cccs2)n(-c2ccccc2)n1)c1ccccc1. The Balaban J connectivity index is 1.54. The first-order valence-corrected chi connectivity index (χ1v) is 11.0. The number of nitrogens with zero attached hydrogens (tertiary/aromatic N) is 4. The van der Waals surface area contributed by atoms with Gasteiger partial charge in [-0.1, -0.05) is 42.5 Å². The van der Waals surface area contributed by atoms with E-state index in [-0.39, 0.29) is 17.8 Å². The molecule has 0 saturated heterocycles. The van der Waals surface area contributed by atoms with E-state index in [1.54, 1.807) is 9.58 Å². The standard InChI is InChI=1S/C24H22N4O3S/c1-17(2)27(18-10-5-3-6-11-18)21(29)16-31-24(30)22-25-23(20-14-9-15-32-20)28(26-22)19-12-7-4-8-13-19/h3-15,17H,16H2,1-2H3. The lowest BCUT2D eigenvalue weighted by atomic mass is 10.2. The fraction of sp³-hybridized carbons (Fsp3) is 0.167. The van der Waals surface area contributed by atoms with Crippen LogP contribution in [0.25, 0.3) is 16.4 Å². The van der Waals surface area contributed by atoms with Crippen LogP contribution in [0.4, 0.5) is 5.69 Å². The van der Waals surface area contributed by atoms with E-state index in [1.165, 1.54) is 11.3 Å². The molecule has 2 heterocycles. The molecule has 0 spiro atoms. The molecule has 0 aliphatic carbocycles. The monoisotopic (exact) mass is 446 g/mol. The van der Waals surface area contributed by atoms with E-state index >= 15 is 0 Å². The second-order valence-electron chi connectivity index (χ2n) is 7.25. The number of amides is 1. The Kier molecular flexibility index (Phi) is 6.42. The van der Waals surface area contributed by atoms with Crippen molar-refractivity contribution in [2.45, 2.75) is 19.9 Å². The highest BCUT2D eigenvalue weighted by molar-refractivity contribution is 7.13. The van der Waals surface area contributed by atoms with Crippen LogP contribution in [0, 0.1) is 0 Å². The van der Waals surface area contributed by atoms with Crippen molar-refractivity contribution in [3.05, 3.63) is 84.0 Å². The van der Waals surface area contributed by atoms with E-state index in [0.29, 0.717) is 5.82 Å². The van der Waals surface area contributed by atoms with Crippen molar-refractivity contribution in [1.82, 2.24) is 14.8 Å². The quantitative estimate of drug-likeness (QED) is 0.388. The number of aromatic nitrogens is 3. The zero-order chi connectivity index (χ0) is 22.5. The van der Waals surface area contributed by atoms with Gasteiger partial charge in [-0.15, -0.1) is 16.4 Å². The van der Waals surface area contributed by atoms with Gasteiger partial charge in [-0.3, -0.25) is 4.79 Å². The summed E-state index contributed by atoms with van der Waals surface area (Å²) in [5.41, 5.74) is 1.52. The zero-order valence-corrected chi connectivity index (χ0v) is 18.5. The fourth-order valence-corrected chi connectivity index (χ4v) is 3.99. The molecule has 162 valence electrons. The molecule has 2 aromatic heterocycles. The highest BCUT2D eigenvalue weighted by Gasteiger charge is 2.24. The van der Waals surface area contributed by atoms with E-state index in [1.807, 2.05) is 92.0 Å². The lowest BCUT2D eigenvalue weighted by Crippen LogP contribution is -2.40. The van der Waals surface area contributed by atoms with Gasteiger partial charge in [0.15, 0.2) is 12.4 Å². The lowest BCUT2D eigenvalue weighted by molar-refractivity contribution is -0.122. The summed E-state index contributed by atoms with van der Waals surface area (Å²) in [6, 6.07) is 22.4. The largest absolute Gasteiger partial charge is 0.450 e. The number of thiophene rings is 1. The van der Waals surface area contributed by atoms with Gasteiger partial charge in [-0.05, 0) is 49.6 Å². The number of hydrogen-bond acceptors (Lipinski definition) is 6. The summed E-state index contributed by atoms with van der Waals surface area (Å²) in [6.45, 7) is 3.41. The molecule has 0 aliphatic rings. The first kappa shape index (κ1) is 21.5. The van der Waals surface area contributed by atoms with Crippen LogP contribution in [0.2, 0.25) is 0 Å². The predicted octanol–water partition coefficient (Wildman–Crippen LogP) is 4.59. The summed E-state index contributed by atoms with van der Waals surface area (Å²) < 4.78 is 6.90.